The fourth-order valence-corrected chi connectivity index (χ4v) is 13.1. The van der Waals surface area contributed by atoms with Crippen LogP contribution < -0.4 is 0 Å². The second kappa shape index (κ2) is 24.8. The predicted molar refractivity (Wildman–Crippen MR) is 328 cm³/mol. The van der Waals surface area contributed by atoms with E-state index in [1.54, 1.807) is 43.3 Å². The molecule has 0 amide bonds. The minimum Gasteiger partial charge on any atom is -0.506 e. The molecule has 6 aromatic carbocycles. The van der Waals surface area contributed by atoms with Crippen LogP contribution in [-0.4, -0.2) is 43.9 Å². The number of phenols is 3. The van der Waals surface area contributed by atoms with E-state index in [4.69, 9.17) is 13.3 Å². The highest BCUT2D eigenvalue weighted by atomic mass is 127. The number of aromatic hydroxyl groups is 3. The van der Waals surface area contributed by atoms with E-state index in [0.29, 0.717) is 91.2 Å². The fourth-order valence-electron chi connectivity index (χ4n) is 7.84. The summed E-state index contributed by atoms with van der Waals surface area (Å²) in [6, 6.07) is 32.9. The highest BCUT2D eigenvalue weighted by Gasteiger charge is 2.26. The van der Waals surface area contributed by atoms with Gasteiger partial charge in [0, 0.05) is 52.1 Å². The third kappa shape index (κ3) is 12.6. The van der Waals surface area contributed by atoms with Crippen LogP contribution in [0.5, 0.6) is 17.2 Å². The number of halogens is 6. The molecule has 71 heavy (non-hydrogen) atoms. The number of hydrogen-bond donors (Lipinski definition) is 4. The van der Waals surface area contributed by atoms with Crippen LogP contribution in [0.25, 0.3) is 32.9 Å². The van der Waals surface area contributed by atoms with E-state index in [9.17, 15) is 34.8 Å². The van der Waals surface area contributed by atoms with E-state index < -0.39 is 6.10 Å². The number of carbonyl (C=O) groups excluding carboxylic acids is 3. The number of rotatable bonds is 13. The summed E-state index contributed by atoms with van der Waals surface area (Å²) in [5.41, 5.74) is 5.59. The number of furan rings is 3. The van der Waals surface area contributed by atoms with Crippen molar-refractivity contribution in [2.75, 3.05) is 0 Å². The molecular weight excluding hydrogens is 1580 g/mol. The lowest BCUT2D eigenvalue weighted by Gasteiger charge is -2.07. The summed E-state index contributed by atoms with van der Waals surface area (Å²) in [6.07, 6.45) is 3.96. The summed E-state index contributed by atoms with van der Waals surface area (Å²) in [7, 11) is 0. The smallest absolute Gasteiger partial charge is 0.197 e. The SMILES string of the molecule is CC(O)CCc1oc2ccccc2c1C(=O)c1cc(I)c(O)c(I)c1.CCCCc1oc2ccccc2c1C(=O)c1cc(I)c(O)c(I)c1.CCc1oc2ccccc2c1C(=O)c1cc(I)c(O)c(I)c1. The van der Waals surface area contributed by atoms with Gasteiger partial charge in [-0.2, -0.15) is 0 Å². The van der Waals surface area contributed by atoms with E-state index in [2.05, 4.69) is 6.92 Å². The van der Waals surface area contributed by atoms with Gasteiger partial charge in [-0.1, -0.05) is 74.9 Å². The number of ketones is 3. The van der Waals surface area contributed by atoms with Crippen LogP contribution in [0.2, 0.25) is 0 Å². The van der Waals surface area contributed by atoms with E-state index in [1.165, 1.54) is 0 Å². The fraction of sp³-hybridized carbons (Fsp3) is 0.182. The largest absolute Gasteiger partial charge is 0.506 e. The van der Waals surface area contributed by atoms with Crippen LogP contribution in [0.1, 0.15) is 105 Å². The Morgan fingerprint density at radius 2 is 0.775 bits per heavy atom. The number of para-hydroxylation sites is 3. The highest BCUT2D eigenvalue weighted by molar-refractivity contribution is 14.1. The van der Waals surface area contributed by atoms with Crippen molar-refractivity contribution in [2.24, 2.45) is 0 Å². The maximum atomic E-state index is 13.2. The number of phenolic OH excluding ortho intramolecular Hbond substituents is 3. The summed E-state index contributed by atoms with van der Waals surface area (Å²) in [5.74, 6) is 2.39. The maximum absolute atomic E-state index is 13.2. The van der Waals surface area contributed by atoms with Crippen molar-refractivity contribution < 1.29 is 48.1 Å². The van der Waals surface area contributed by atoms with Gasteiger partial charge in [0.05, 0.1) is 44.2 Å². The van der Waals surface area contributed by atoms with Gasteiger partial charge >= 0.3 is 0 Å². The first-order valence-corrected chi connectivity index (χ1v) is 28.8. The number of aryl methyl sites for hydroxylation is 3. The molecule has 1 atom stereocenters. The topological polar surface area (TPSA) is 172 Å². The van der Waals surface area contributed by atoms with Gasteiger partial charge in [-0.3, -0.25) is 14.4 Å². The molecule has 366 valence electrons. The Hall–Kier alpha value is -3.31. The molecule has 0 saturated heterocycles. The molecule has 0 aliphatic heterocycles. The highest BCUT2D eigenvalue weighted by Crippen LogP contribution is 2.36. The molecule has 3 aromatic heterocycles. The van der Waals surface area contributed by atoms with Gasteiger partial charge in [0.15, 0.2) is 17.3 Å². The Kier molecular flexibility index (Phi) is 19.4. The number of hydrogen-bond acceptors (Lipinski definition) is 10. The summed E-state index contributed by atoms with van der Waals surface area (Å²) in [6.45, 7) is 5.81. The van der Waals surface area contributed by atoms with E-state index in [-0.39, 0.29) is 34.6 Å². The Bertz CT molecular complexity index is 3390. The Morgan fingerprint density at radius 1 is 0.479 bits per heavy atom. The lowest BCUT2D eigenvalue weighted by atomic mass is 9.98. The van der Waals surface area contributed by atoms with Crippen molar-refractivity contribution in [3.63, 3.8) is 0 Å². The van der Waals surface area contributed by atoms with Crippen molar-refractivity contribution in [3.05, 3.63) is 181 Å². The number of unbranched alkanes of at least 4 members (excludes halogenated alkanes) is 1. The van der Waals surface area contributed by atoms with Crippen LogP contribution in [0.3, 0.4) is 0 Å². The molecule has 16 heteroatoms. The normalized spacial score (nSPS) is 11.6. The molecule has 9 rings (SSSR count). The van der Waals surface area contributed by atoms with Crippen molar-refractivity contribution >= 4 is 186 Å². The minimum absolute atomic E-state index is 0.0538. The summed E-state index contributed by atoms with van der Waals surface area (Å²) >= 11 is 12.2. The summed E-state index contributed by atoms with van der Waals surface area (Å²) in [5, 5.41) is 41.8. The maximum Gasteiger partial charge on any atom is 0.197 e. The number of aliphatic hydroxyl groups is 1. The van der Waals surface area contributed by atoms with Gasteiger partial charge in [0.25, 0.3) is 0 Å². The van der Waals surface area contributed by atoms with Crippen LogP contribution in [0.4, 0.5) is 0 Å². The molecule has 0 saturated carbocycles. The number of aliphatic hydroxyl groups excluding tert-OH is 1. The average molecular weight is 1630 g/mol. The second-order valence-electron chi connectivity index (χ2n) is 16.4. The zero-order chi connectivity index (χ0) is 51.3. The molecule has 1 unspecified atom stereocenters. The minimum atomic E-state index is -0.466. The zero-order valence-electron chi connectivity index (χ0n) is 38.2. The molecule has 3 heterocycles. The van der Waals surface area contributed by atoms with Crippen LogP contribution in [-0.2, 0) is 19.3 Å². The van der Waals surface area contributed by atoms with Crippen molar-refractivity contribution in [2.45, 2.75) is 65.4 Å². The first-order valence-electron chi connectivity index (χ1n) is 22.3. The van der Waals surface area contributed by atoms with E-state index in [1.807, 2.05) is 215 Å². The molecule has 0 spiro atoms. The standard InChI is InChI=1S/C19H16I2O4.C19H16I2O3.C17H12I2O3/c1-10(22)6-7-16-17(12-4-2-3-5-15(12)25-16)18(23)11-8-13(20)19(24)14(21)9-11;1-2-3-7-16-17(12-6-4-5-8-15(12)24-16)18(22)11-9-13(20)19(23)14(21)10-11;1-2-13-15(10-5-3-4-6-14(10)22-13)16(20)9-7-11(18)17(21)12(19)8-9/h2-5,8-10,22,24H,6-7H2,1H3;4-6,8-10,23H,2-3,7H2,1H3;3-8,21H,2H2,1H3. The van der Waals surface area contributed by atoms with Crippen molar-refractivity contribution in [1.82, 2.24) is 0 Å². The third-order valence-electron chi connectivity index (χ3n) is 11.4. The summed E-state index contributed by atoms with van der Waals surface area (Å²) < 4.78 is 21.6. The van der Waals surface area contributed by atoms with Gasteiger partial charge in [-0.05, 0) is 210 Å². The molecule has 4 N–H and O–H groups in total. The van der Waals surface area contributed by atoms with Gasteiger partial charge in [0.1, 0.15) is 51.3 Å². The molecule has 0 aliphatic rings. The average Bonchev–Trinajstić information content (AvgIpc) is 4.05. The number of fused-ring (bicyclic) bond motifs is 3. The van der Waals surface area contributed by atoms with Crippen LogP contribution >= 0.6 is 136 Å². The predicted octanol–water partition coefficient (Wildman–Crippen LogP) is 16.0. The second-order valence-corrected chi connectivity index (χ2v) is 23.4. The molecular formula is C55H44I6O10. The molecule has 0 radical (unpaired) electrons. The Balaban J connectivity index is 0.000000157. The van der Waals surface area contributed by atoms with Crippen LogP contribution in [0, 0.1) is 21.4 Å². The lowest BCUT2D eigenvalue weighted by molar-refractivity contribution is 0.102. The quantitative estimate of drug-likeness (QED) is 0.0643. The zero-order valence-corrected chi connectivity index (χ0v) is 51.2. The molecule has 10 nitrogen and oxygen atoms in total. The van der Waals surface area contributed by atoms with E-state index >= 15 is 0 Å². The third-order valence-corrected chi connectivity index (χ3v) is 16.3. The van der Waals surface area contributed by atoms with Gasteiger partial charge < -0.3 is 33.7 Å². The Labute approximate surface area is 491 Å². The molecule has 0 bridgehead atoms. The lowest BCUT2D eigenvalue weighted by Crippen LogP contribution is -2.07. The van der Waals surface area contributed by atoms with Crippen molar-refractivity contribution in [3.8, 4) is 17.2 Å². The van der Waals surface area contributed by atoms with Crippen molar-refractivity contribution in [1.29, 1.82) is 0 Å². The first kappa shape index (κ1) is 55.4. The monoisotopic (exact) mass is 1630 g/mol. The molecule has 9 aromatic rings. The van der Waals surface area contributed by atoms with Gasteiger partial charge in [0.2, 0.25) is 0 Å². The molecule has 0 aliphatic carbocycles. The molecule has 0 fully saturated rings. The van der Waals surface area contributed by atoms with Gasteiger partial charge in [-0.25, -0.2) is 0 Å². The van der Waals surface area contributed by atoms with Crippen LogP contribution in [0.15, 0.2) is 122 Å². The van der Waals surface area contributed by atoms with Gasteiger partial charge in [-0.15, -0.1) is 0 Å². The Morgan fingerprint density at radius 3 is 1.08 bits per heavy atom. The first-order chi connectivity index (χ1) is 33.9. The number of benzene rings is 6. The van der Waals surface area contributed by atoms with E-state index in [0.717, 1.165) is 52.3 Å². The summed E-state index contributed by atoms with van der Waals surface area (Å²) in [4.78, 5) is 39.3. The number of carbonyl (C=O) groups is 3.